The van der Waals surface area contributed by atoms with Crippen LogP contribution in [0.4, 0.5) is 5.95 Å². The van der Waals surface area contributed by atoms with Gasteiger partial charge in [0, 0.05) is 46.0 Å². The van der Waals surface area contributed by atoms with E-state index in [4.69, 9.17) is 0 Å². The van der Waals surface area contributed by atoms with Crippen molar-refractivity contribution in [3.05, 3.63) is 17.5 Å². The molecule has 0 saturated carbocycles. The molecule has 1 aliphatic heterocycles. The maximum absolute atomic E-state index is 11.9. The van der Waals surface area contributed by atoms with Crippen molar-refractivity contribution in [2.45, 2.75) is 6.92 Å². The number of anilines is 1. The zero-order chi connectivity index (χ0) is 13.1. The summed E-state index contributed by atoms with van der Waals surface area (Å²) in [4.78, 5) is 24.4. The van der Waals surface area contributed by atoms with Crippen LogP contribution in [0.5, 0.6) is 0 Å². The summed E-state index contributed by atoms with van der Waals surface area (Å²) in [6, 6.07) is 1.73. The third kappa shape index (κ3) is 2.76. The number of hydrogen-bond donors (Lipinski definition) is 1. The molecule has 0 aromatic carbocycles. The lowest BCUT2D eigenvalue weighted by Crippen LogP contribution is -2.44. The molecule has 1 N–H and O–H groups in total. The highest BCUT2D eigenvalue weighted by Crippen LogP contribution is 2.12. The summed E-state index contributed by atoms with van der Waals surface area (Å²) < 4.78 is 0. The second kappa shape index (κ2) is 5.30. The van der Waals surface area contributed by atoms with Gasteiger partial charge in [0.25, 0.3) is 5.91 Å². The number of carbonyl (C=O) groups is 1. The number of aryl methyl sites for hydroxylation is 1. The largest absolute Gasteiger partial charge is 0.343 e. The summed E-state index contributed by atoms with van der Waals surface area (Å²) >= 11 is 0. The highest BCUT2D eigenvalue weighted by molar-refractivity contribution is 5.92. The molecule has 0 spiro atoms. The van der Waals surface area contributed by atoms with Gasteiger partial charge in [0.1, 0.15) is 5.69 Å². The van der Waals surface area contributed by atoms with Crippen LogP contribution in [0.1, 0.15) is 16.2 Å². The van der Waals surface area contributed by atoms with E-state index in [0.717, 1.165) is 31.9 Å². The molecule has 0 bridgehead atoms. The van der Waals surface area contributed by atoms with E-state index in [-0.39, 0.29) is 5.91 Å². The van der Waals surface area contributed by atoms with Gasteiger partial charge < -0.3 is 15.1 Å². The number of nitrogens with one attached hydrogen (secondary N) is 1. The molecule has 18 heavy (non-hydrogen) atoms. The smallest absolute Gasteiger partial charge is 0.272 e. The van der Waals surface area contributed by atoms with Crippen molar-refractivity contribution in [3.63, 3.8) is 0 Å². The van der Waals surface area contributed by atoms with Crippen molar-refractivity contribution in [2.24, 2.45) is 0 Å². The van der Waals surface area contributed by atoms with Gasteiger partial charge in [0.05, 0.1) is 0 Å². The SMILES string of the molecule is Cc1cc(C(=O)N(C)C)nc(N2CCNCC2)n1. The molecule has 1 aromatic rings. The van der Waals surface area contributed by atoms with Crippen molar-refractivity contribution in [2.75, 3.05) is 45.2 Å². The van der Waals surface area contributed by atoms with Crippen molar-refractivity contribution < 1.29 is 4.79 Å². The van der Waals surface area contributed by atoms with E-state index in [9.17, 15) is 4.79 Å². The predicted molar refractivity (Wildman–Crippen MR) is 69.9 cm³/mol. The first-order chi connectivity index (χ1) is 8.58. The Kier molecular flexibility index (Phi) is 3.76. The Morgan fingerprint density at radius 2 is 2.00 bits per heavy atom. The predicted octanol–water partition coefficient (Wildman–Crippen LogP) is -0.104. The van der Waals surface area contributed by atoms with Gasteiger partial charge in [-0.05, 0) is 13.0 Å². The minimum absolute atomic E-state index is 0.0862. The van der Waals surface area contributed by atoms with E-state index in [0.29, 0.717) is 11.6 Å². The lowest BCUT2D eigenvalue weighted by atomic mass is 10.3. The third-order valence-electron chi connectivity index (χ3n) is 2.87. The molecule has 0 aliphatic carbocycles. The molecular formula is C12H19N5O. The van der Waals surface area contributed by atoms with Gasteiger partial charge >= 0.3 is 0 Å². The van der Waals surface area contributed by atoms with Gasteiger partial charge in [-0.15, -0.1) is 0 Å². The Balaban J connectivity index is 2.28. The Morgan fingerprint density at radius 3 is 2.61 bits per heavy atom. The summed E-state index contributed by atoms with van der Waals surface area (Å²) in [5, 5.41) is 3.28. The molecule has 98 valence electrons. The zero-order valence-electron chi connectivity index (χ0n) is 11.1. The van der Waals surface area contributed by atoms with E-state index in [1.54, 1.807) is 20.2 Å². The van der Waals surface area contributed by atoms with Gasteiger partial charge in [0.15, 0.2) is 0 Å². The van der Waals surface area contributed by atoms with Crippen LogP contribution < -0.4 is 10.2 Å². The number of amides is 1. The summed E-state index contributed by atoms with van der Waals surface area (Å²) in [7, 11) is 3.45. The number of piperazine rings is 1. The Bertz CT molecular complexity index is 440. The second-order valence-electron chi connectivity index (χ2n) is 4.63. The van der Waals surface area contributed by atoms with Crippen LogP contribution in [0.15, 0.2) is 6.07 Å². The van der Waals surface area contributed by atoms with Crippen molar-refractivity contribution >= 4 is 11.9 Å². The highest BCUT2D eigenvalue weighted by Gasteiger charge is 2.17. The molecule has 1 fully saturated rings. The van der Waals surface area contributed by atoms with Crippen molar-refractivity contribution in [1.82, 2.24) is 20.2 Å². The number of rotatable bonds is 2. The van der Waals surface area contributed by atoms with Gasteiger partial charge in [-0.25, -0.2) is 9.97 Å². The van der Waals surface area contributed by atoms with E-state index in [1.807, 2.05) is 6.92 Å². The number of hydrogen-bond acceptors (Lipinski definition) is 5. The molecule has 6 nitrogen and oxygen atoms in total. The summed E-state index contributed by atoms with van der Waals surface area (Å²) in [6.07, 6.45) is 0. The summed E-state index contributed by atoms with van der Waals surface area (Å²) in [5.41, 5.74) is 1.28. The van der Waals surface area contributed by atoms with Crippen LogP contribution in [0.3, 0.4) is 0 Å². The molecule has 2 heterocycles. The molecule has 1 aromatic heterocycles. The van der Waals surface area contributed by atoms with E-state index >= 15 is 0 Å². The molecule has 0 unspecified atom stereocenters. The van der Waals surface area contributed by atoms with E-state index in [1.165, 1.54) is 4.90 Å². The molecule has 2 rings (SSSR count). The molecule has 1 saturated heterocycles. The van der Waals surface area contributed by atoms with Crippen LogP contribution in [0.2, 0.25) is 0 Å². The minimum Gasteiger partial charge on any atom is -0.343 e. The quantitative estimate of drug-likeness (QED) is 0.793. The molecule has 6 heteroatoms. The fourth-order valence-electron chi connectivity index (χ4n) is 1.90. The van der Waals surface area contributed by atoms with Crippen molar-refractivity contribution in [3.8, 4) is 0 Å². The van der Waals surface area contributed by atoms with Crippen LogP contribution in [-0.4, -0.2) is 61.0 Å². The lowest BCUT2D eigenvalue weighted by molar-refractivity contribution is 0.0821. The molecular weight excluding hydrogens is 230 g/mol. The zero-order valence-corrected chi connectivity index (χ0v) is 11.1. The second-order valence-corrected chi connectivity index (χ2v) is 4.63. The minimum atomic E-state index is -0.0862. The van der Waals surface area contributed by atoms with Crippen LogP contribution >= 0.6 is 0 Å². The van der Waals surface area contributed by atoms with Gasteiger partial charge in [-0.2, -0.15) is 0 Å². The van der Waals surface area contributed by atoms with Gasteiger partial charge in [-0.3, -0.25) is 4.79 Å². The maximum atomic E-state index is 11.9. The van der Waals surface area contributed by atoms with E-state index < -0.39 is 0 Å². The standard InChI is InChI=1S/C12H19N5O/c1-9-8-10(11(18)16(2)3)15-12(14-9)17-6-4-13-5-7-17/h8,13H,4-7H2,1-3H3. The number of nitrogens with zero attached hydrogens (tertiary/aromatic N) is 4. The average molecular weight is 249 g/mol. The fraction of sp³-hybridized carbons (Fsp3) is 0.583. The molecule has 0 atom stereocenters. The maximum Gasteiger partial charge on any atom is 0.272 e. The van der Waals surface area contributed by atoms with Crippen molar-refractivity contribution in [1.29, 1.82) is 0 Å². The van der Waals surface area contributed by atoms with Crippen LogP contribution in [-0.2, 0) is 0 Å². The van der Waals surface area contributed by atoms with Crippen LogP contribution in [0, 0.1) is 6.92 Å². The normalized spacial score (nSPS) is 15.6. The topological polar surface area (TPSA) is 61.4 Å². The fourth-order valence-corrected chi connectivity index (χ4v) is 1.90. The average Bonchev–Trinajstić information content (AvgIpc) is 2.38. The molecule has 0 radical (unpaired) electrons. The Morgan fingerprint density at radius 1 is 1.33 bits per heavy atom. The molecule has 1 amide bonds. The Hall–Kier alpha value is -1.69. The number of carbonyl (C=O) groups excluding carboxylic acids is 1. The molecule has 1 aliphatic rings. The first-order valence-electron chi connectivity index (χ1n) is 6.11. The third-order valence-corrected chi connectivity index (χ3v) is 2.87. The van der Waals surface area contributed by atoms with Crippen LogP contribution in [0.25, 0.3) is 0 Å². The summed E-state index contributed by atoms with van der Waals surface area (Å²) in [6.45, 7) is 5.49. The number of aromatic nitrogens is 2. The first-order valence-corrected chi connectivity index (χ1v) is 6.11. The van der Waals surface area contributed by atoms with Gasteiger partial charge in [0.2, 0.25) is 5.95 Å². The summed E-state index contributed by atoms with van der Waals surface area (Å²) in [5.74, 6) is 0.568. The van der Waals surface area contributed by atoms with E-state index in [2.05, 4.69) is 20.2 Å². The Labute approximate surface area is 107 Å². The lowest BCUT2D eigenvalue weighted by Gasteiger charge is -2.27. The monoisotopic (exact) mass is 249 g/mol. The highest BCUT2D eigenvalue weighted by atomic mass is 16.2. The first kappa shape index (κ1) is 12.8. The van der Waals surface area contributed by atoms with Gasteiger partial charge in [-0.1, -0.05) is 0 Å².